The van der Waals surface area contributed by atoms with Gasteiger partial charge in [0.1, 0.15) is 18.1 Å². The maximum absolute atomic E-state index is 13.1. The maximum Gasteiger partial charge on any atom is 0.301 e. The van der Waals surface area contributed by atoms with Crippen LogP contribution >= 0.6 is 11.3 Å². The van der Waals surface area contributed by atoms with Gasteiger partial charge in [-0.15, -0.1) is 11.3 Å². The summed E-state index contributed by atoms with van der Waals surface area (Å²) in [6.45, 7) is 7.77. The van der Waals surface area contributed by atoms with Crippen LogP contribution in [0, 0.1) is 13.8 Å². The lowest BCUT2D eigenvalue weighted by Gasteiger charge is -2.23. The van der Waals surface area contributed by atoms with Crippen LogP contribution in [0.25, 0.3) is 5.76 Å². The molecule has 3 aromatic rings. The number of ketones is 1. The molecule has 0 aliphatic carbocycles. The van der Waals surface area contributed by atoms with Gasteiger partial charge in [-0.3, -0.25) is 14.5 Å². The van der Waals surface area contributed by atoms with Gasteiger partial charge < -0.3 is 9.84 Å². The SMILES string of the molecule is C=CCOc1ccc(C2C(=C(O)c3ccccc3)C(=O)C(=O)N2c2nc(C)c(C)s2)cc1. The Morgan fingerprint density at radius 3 is 2.44 bits per heavy atom. The largest absolute Gasteiger partial charge is 0.507 e. The summed E-state index contributed by atoms with van der Waals surface area (Å²) in [7, 11) is 0. The number of aliphatic hydroxyl groups excluding tert-OH is 1. The Balaban J connectivity index is 1.88. The number of hydrogen-bond donors (Lipinski definition) is 1. The topological polar surface area (TPSA) is 79.7 Å². The molecule has 6 nitrogen and oxygen atoms in total. The first-order chi connectivity index (χ1) is 15.4. The van der Waals surface area contributed by atoms with Gasteiger partial charge in [0, 0.05) is 10.4 Å². The molecule has 1 amide bonds. The standard InChI is InChI=1S/C25H22N2O4S/c1-4-14-31-19-12-10-17(11-13-19)21-20(22(28)18-8-6-5-7-9-18)23(29)24(30)27(21)25-26-15(2)16(3)32-25/h4-13,21,28H,1,14H2,2-3H3. The normalized spacial score (nSPS) is 17.6. The number of ether oxygens (including phenoxy) is 1. The predicted molar refractivity (Wildman–Crippen MR) is 125 cm³/mol. The van der Waals surface area contributed by atoms with Crippen LogP contribution in [0.15, 0.2) is 72.8 Å². The molecule has 1 saturated heterocycles. The number of carbonyl (C=O) groups is 2. The molecule has 2 heterocycles. The summed E-state index contributed by atoms with van der Waals surface area (Å²) < 4.78 is 5.55. The van der Waals surface area contributed by atoms with E-state index in [0.717, 1.165) is 10.6 Å². The maximum atomic E-state index is 13.1. The minimum absolute atomic E-state index is 0.0338. The second-order valence-corrected chi connectivity index (χ2v) is 8.52. The zero-order valence-corrected chi connectivity index (χ0v) is 18.6. The number of Topliss-reactive ketones (excluding diaryl/α,β-unsaturated/α-hetero) is 1. The van der Waals surface area contributed by atoms with Crippen molar-refractivity contribution in [1.29, 1.82) is 0 Å². The molecule has 1 unspecified atom stereocenters. The van der Waals surface area contributed by atoms with Gasteiger partial charge >= 0.3 is 5.91 Å². The van der Waals surface area contributed by atoms with Gasteiger partial charge in [-0.1, -0.05) is 55.1 Å². The number of hydrogen-bond acceptors (Lipinski definition) is 6. The van der Waals surface area contributed by atoms with Gasteiger partial charge in [0.05, 0.1) is 17.3 Å². The fraction of sp³-hybridized carbons (Fsp3) is 0.160. The number of anilines is 1. The number of amides is 1. The molecule has 1 aromatic heterocycles. The Morgan fingerprint density at radius 1 is 1.16 bits per heavy atom. The van der Waals surface area contributed by atoms with Crippen LogP contribution in [0.4, 0.5) is 5.13 Å². The lowest BCUT2D eigenvalue weighted by Crippen LogP contribution is -2.29. The van der Waals surface area contributed by atoms with E-state index in [2.05, 4.69) is 11.6 Å². The van der Waals surface area contributed by atoms with Crippen molar-refractivity contribution in [3.05, 3.63) is 94.5 Å². The zero-order chi connectivity index (χ0) is 22.8. The highest BCUT2D eigenvalue weighted by molar-refractivity contribution is 7.16. The van der Waals surface area contributed by atoms with Crippen molar-refractivity contribution in [3.63, 3.8) is 0 Å². The van der Waals surface area contributed by atoms with Crippen LogP contribution in [0.3, 0.4) is 0 Å². The minimum atomic E-state index is -0.811. The molecule has 1 N–H and O–H groups in total. The van der Waals surface area contributed by atoms with E-state index < -0.39 is 17.7 Å². The Labute approximate surface area is 190 Å². The van der Waals surface area contributed by atoms with Crippen molar-refractivity contribution in [2.24, 2.45) is 0 Å². The molecule has 1 fully saturated rings. The number of aromatic nitrogens is 1. The molecule has 0 spiro atoms. The molecule has 0 bridgehead atoms. The van der Waals surface area contributed by atoms with Crippen LogP contribution in [0.5, 0.6) is 5.75 Å². The van der Waals surface area contributed by atoms with Gasteiger partial charge in [-0.2, -0.15) is 0 Å². The van der Waals surface area contributed by atoms with Crippen molar-refractivity contribution in [1.82, 2.24) is 4.98 Å². The molecule has 1 aliphatic heterocycles. The number of benzene rings is 2. The third kappa shape index (κ3) is 3.83. The third-order valence-corrected chi connectivity index (χ3v) is 6.35. The predicted octanol–water partition coefficient (Wildman–Crippen LogP) is 4.95. The molecular weight excluding hydrogens is 424 g/mol. The summed E-state index contributed by atoms with van der Waals surface area (Å²) in [6.07, 6.45) is 1.65. The summed E-state index contributed by atoms with van der Waals surface area (Å²) in [4.78, 5) is 33.1. The number of aliphatic hydroxyl groups is 1. The Kier molecular flexibility index (Phi) is 5.92. The van der Waals surface area contributed by atoms with E-state index in [4.69, 9.17) is 4.74 Å². The van der Waals surface area contributed by atoms with Crippen molar-refractivity contribution in [2.75, 3.05) is 11.5 Å². The average Bonchev–Trinajstić information content (AvgIpc) is 3.28. The van der Waals surface area contributed by atoms with Gasteiger partial charge in [-0.05, 0) is 31.5 Å². The van der Waals surface area contributed by atoms with Crippen LogP contribution in [0.2, 0.25) is 0 Å². The highest BCUT2D eigenvalue weighted by Crippen LogP contribution is 2.43. The van der Waals surface area contributed by atoms with Crippen molar-refractivity contribution in [3.8, 4) is 5.75 Å². The molecular formula is C25H22N2O4S. The fourth-order valence-corrected chi connectivity index (χ4v) is 4.49. The Morgan fingerprint density at radius 2 is 1.84 bits per heavy atom. The third-order valence-electron chi connectivity index (χ3n) is 5.28. The molecule has 162 valence electrons. The van der Waals surface area contributed by atoms with Gasteiger partial charge in [0.2, 0.25) is 0 Å². The number of carbonyl (C=O) groups excluding carboxylic acids is 2. The van der Waals surface area contributed by atoms with Crippen LogP contribution in [-0.4, -0.2) is 28.4 Å². The second kappa shape index (κ2) is 8.80. The van der Waals surface area contributed by atoms with Gasteiger partial charge in [0.25, 0.3) is 5.78 Å². The van der Waals surface area contributed by atoms with Gasteiger partial charge in [-0.25, -0.2) is 4.98 Å². The summed E-state index contributed by atoms with van der Waals surface area (Å²) in [5.41, 5.74) is 1.96. The smallest absolute Gasteiger partial charge is 0.301 e. The van der Waals surface area contributed by atoms with Gasteiger partial charge in [0.15, 0.2) is 5.13 Å². The molecule has 7 heteroatoms. The number of nitrogens with zero attached hydrogens (tertiary/aromatic N) is 2. The molecule has 0 radical (unpaired) electrons. The lowest BCUT2D eigenvalue weighted by atomic mass is 9.95. The Hall–Kier alpha value is -3.71. The van der Waals surface area contributed by atoms with Crippen molar-refractivity contribution < 1.29 is 19.4 Å². The quantitative estimate of drug-likeness (QED) is 0.251. The van der Waals surface area contributed by atoms with E-state index in [9.17, 15) is 14.7 Å². The summed E-state index contributed by atoms with van der Waals surface area (Å²) in [5.74, 6) is -1.04. The number of rotatable bonds is 6. The molecule has 32 heavy (non-hydrogen) atoms. The second-order valence-electron chi connectivity index (χ2n) is 7.34. The summed E-state index contributed by atoms with van der Waals surface area (Å²) in [5, 5.41) is 11.5. The number of thiazole rings is 1. The monoisotopic (exact) mass is 446 g/mol. The average molecular weight is 447 g/mol. The van der Waals surface area contributed by atoms with Crippen LogP contribution < -0.4 is 9.64 Å². The van der Waals surface area contributed by atoms with E-state index in [1.807, 2.05) is 19.9 Å². The zero-order valence-electron chi connectivity index (χ0n) is 17.7. The van der Waals surface area contributed by atoms with E-state index in [0.29, 0.717) is 28.6 Å². The van der Waals surface area contributed by atoms with E-state index in [1.54, 1.807) is 54.6 Å². The fourth-order valence-electron chi connectivity index (χ4n) is 3.56. The molecule has 4 rings (SSSR count). The first kappa shape index (κ1) is 21.5. The molecule has 2 aromatic carbocycles. The summed E-state index contributed by atoms with van der Waals surface area (Å²) in [6, 6.07) is 15.0. The first-order valence-electron chi connectivity index (χ1n) is 10.1. The van der Waals surface area contributed by atoms with E-state index in [1.165, 1.54) is 16.2 Å². The van der Waals surface area contributed by atoms with E-state index >= 15 is 0 Å². The Bertz CT molecular complexity index is 1190. The molecule has 1 atom stereocenters. The molecule has 1 aliphatic rings. The van der Waals surface area contributed by atoms with Crippen molar-refractivity contribution >= 4 is 33.9 Å². The molecule has 0 saturated carbocycles. The minimum Gasteiger partial charge on any atom is -0.507 e. The van der Waals surface area contributed by atoms with Crippen molar-refractivity contribution in [2.45, 2.75) is 19.9 Å². The first-order valence-corrected chi connectivity index (χ1v) is 10.9. The van der Waals surface area contributed by atoms with Crippen LogP contribution in [0.1, 0.15) is 27.7 Å². The highest BCUT2D eigenvalue weighted by Gasteiger charge is 2.48. The van der Waals surface area contributed by atoms with Crippen LogP contribution in [-0.2, 0) is 9.59 Å². The summed E-state index contributed by atoms with van der Waals surface area (Å²) >= 11 is 1.34. The highest BCUT2D eigenvalue weighted by atomic mass is 32.1. The van der Waals surface area contributed by atoms with E-state index in [-0.39, 0.29) is 11.3 Å². The lowest BCUT2D eigenvalue weighted by molar-refractivity contribution is -0.132. The number of aryl methyl sites for hydroxylation is 2.